The highest BCUT2D eigenvalue weighted by atomic mass is 35.5. The molecule has 1 aliphatic heterocycles. The summed E-state index contributed by atoms with van der Waals surface area (Å²) in [5, 5.41) is 12.0. The molecule has 5 nitrogen and oxygen atoms in total. The molecule has 1 aromatic heterocycles. The van der Waals surface area contributed by atoms with Crippen LogP contribution in [0.3, 0.4) is 0 Å². The molecule has 1 unspecified atom stereocenters. The van der Waals surface area contributed by atoms with Gasteiger partial charge in [0.1, 0.15) is 0 Å². The van der Waals surface area contributed by atoms with Crippen molar-refractivity contribution in [2.24, 2.45) is 0 Å². The lowest BCUT2D eigenvalue weighted by molar-refractivity contribution is 0.114. The van der Waals surface area contributed by atoms with Crippen LogP contribution in [-0.2, 0) is 11.3 Å². The van der Waals surface area contributed by atoms with Gasteiger partial charge in [0.2, 0.25) is 0 Å². The minimum Gasteiger partial charge on any atom is -0.376 e. The van der Waals surface area contributed by atoms with Gasteiger partial charge in [0, 0.05) is 30.4 Å². The van der Waals surface area contributed by atoms with Crippen LogP contribution in [0.1, 0.15) is 18.4 Å². The predicted octanol–water partition coefficient (Wildman–Crippen LogP) is 3.05. The zero-order valence-corrected chi connectivity index (χ0v) is 14.2. The lowest BCUT2D eigenvalue weighted by atomic mass is 10.2. The van der Waals surface area contributed by atoms with Crippen LogP contribution >= 0.6 is 23.8 Å². The molecule has 0 aliphatic carbocycles. The van der Waals surface area contributed by atoms with E-state index in [0.29, 0.717) is 11.7 Å². The zero-order valence-electron chi connectivity index (χ0n) is 12.7. The third kappa shape index (κ3) is 4.92. The Labute approximate surface area is 146 Å². The topological polar surface area (TPSA) is 51.1 Å². The fourth-order valence-electron chi connectivity index (χ4n) is 2.51. The van der Waals surface area contributed by atoms with Crippen molar-refractivity contribution in [3.05, 3.63) is 47.1 Å². The van der Waals surface area contributed by atoms with Gasteiger partial charge in [-0.2, -0.15) is 5.10 Å². The molecule has 23 heavy (non-hydrogen) atoms. The molecular formula is C16H19ClN4OS. The Morgan fingerprint density at radius 2 is 2.35 bits per heavy atom. The Bertz CT molecular complexity index is 670. The highest BCUT2D eigenvalue weighted by Crippen LogP contribution is 2.13. The largest absolute Gasteiger partial charge is 0.376 e. The average Bonchev–Trinajstić information content (AvgIpc) is 3.17. The van der Waals surface area contributed by atoms with Crippen molar-refractivity contribution >= 4 is 34.7 Å². The van der Waals surface area contributed by atoms with Crippen LogP contribution in [0.25, 0.3) is 0 Å². The van der Waals surface area contributed by atoms with Gasteiger partial charge in [-0.25, -0.2) is 0 Å². The molecule has 1 saturated heterocycles. The van der Waals surface area contributed by atoms with E-state index < -0.39 is 0 Å². The van der Waals surface area contributed by atoms with Crippen molar-refractivity contribution in [2.75, 3.05) is 18.5 Å². The van der Waals surface area contributed by atoms with Gasteiger partial charge in [0.15, 0.2) is 10.9 Å². The first-order chi connectivity index (χ1) is 11.2. The zero-order chi connectivity index (χ0) is 16.1. The van der Waals surface area contributed by atoms with Gasteiger partial charge < -0.3 is 15.4 Å². The normalized spacial score (nSPS) is 17.2. The number of rotatable bonds is 5. The molecule has 0 amide bonds. The van der Waals surface area contributed by atoms with E-state index in [1.807, 2.05) is 41.2 Å². The van der Waals surface area contributed by atoms with Crippen molar-refractivity contribution in [1.82, 2.24) is 15.1 Å². The predicted molar refractivity (Wildman–Crippen MR) is 96.0 cm³/mol. The maximum absolute atomic E-state index is 6.00. The van der Waals surface area contributed by atoms with Crippen LogP contribution in [0, 0.1) is 0 Å². The van der Waals surface area contributed by atoms with Crippen LogP contribution in [0.4, 0.5) is 5.82 Å². The Morgan fingerprint density at radius 3 is 3.13 bits per heavy atom. The molecule has 1 atom stereocenters. The summed E-state index contributed by atoms with van der Waals surface area (Å²) in [6.07, 6.45) is 4.38. The number of halogens is 1. The highest BCUT2D eigenvalue weighted by Gasteiger charge is 2.15. The summed E-state index contributed by atoms with van der Waals surface area (Å²) < 4.78 is 7.40. The molecule has 0 radical (unpaired) electrons. The molecule has 1 aliphatic rings. The number of aromatic nitrogens is 2. The second-order valence-corrected chi connectivity index (χ2v) is 6.34. The maximum atomic E-state index is 6.00. The van der Waals surface area contributed by atoms with E-state index in [2.05, 4.69) is 15.7 Å². The van der Waals surface area contributed by atoms with Crippen LogP contribution in [0.5, 0.6) is 0 Å². The van der Waals surface area contributed by atoms with E-state index in [1.54, 1.807) is 0 Å². The van der Waals surface area contributed by atoms with Gasteiger partial charge in [-0.15, -0.1) is 0 Å². The number of anilines is 1. The van der Waals surface area contributed by atoms with E-state index in [0.717, 1.165) is 42.4 Å². The van der Waals surface area contributed by atoms with Crippen molar-refractivity contribution in [2.45, 2.75) is 25.5 Å². The smallest absolute Gasteiger partial charge is 0.172 e. The first kappa shape index (κ1) is 16.2. The van der Waals surface area contributed by atoms with Crippen LogP contribution < -0.4 is 10.6 Å². The molecule has 0 spiro atoms. The SMILES string of the molecule is S=C(NCC1CCCO1)Nc1ccn(Cc2cccc(Cl)c2)n1. The number of hydrogen-bond donors (Lipinski definition) is 2. The fraction of sp³-hybridized carbons (Fsp3) is 0.375. The van der Waals surface area contributed by atoms with E-state index >= 15 is 0 Å². The number of hydrogen-bond acceptors (Lipinski definition) is 3. The van der Waals surface area contributed by atoms with E-state index in [4.69, 9.17) is 28.6 Å². The second-order valence-electron chi connectivity index (χ2n) is 5.50. The summed E-state index contributed by atoms with van der Waals surface area (Å²) in [6, 6.07) is 9.65. The second kappa shape index (κ2) is 7.77. The van der Waals surface area contributed by atoms with Crippen LogP contribution in [-0.4, -0.2) is 34.1 Å². The molecule has 7 heteroatoms. The fourth-order valence-corrected chi connectivity index (χ4v) is 2.91. The summed E-state index contributed by atoms with van der Waals surface area (Å²) in [4.78, 5) is 0. The average molecular weight is 351 g/mol. The minimum atomic E-state index is 0.259. The number of benzene rings is 1. The quantitative estimate of drug-likeness (QED) is 0.812. The van der Waals surface area contributed by atoms with E-state index in [1.165, 1.54) is 0 Å². The third-order valence-electron chi connectivity index (χ3n) is 3.63. The van der Waals surface area contributed by atoms with Crippen LogP contribution in [0.15, 0.2) is 36.5 Å². The first-order valence-corrected chi connectivity index (χ1v) is 8.42. The Hall–Kier alpha value is -1.63. The lowest BCUT2D eigenvalue weighted by Gasteiger charge is -2.12. The number of ether oxygens (including phenoxy) is 1. The van der Waals surface area contributed by atoms with Gasteiger partial charge in [-0.05, 0) is 42.8 Å². The molecule has 122 valence electrons. The third-order valence-corrected chi connectivity index (χ3v) is 4.11. The molecule has 0 bridgehead atoms. The summed E-state index contributed by atoms with van der Waals surface area (Å²) in [5.41, 5.74) is 1.10. The lowest BCUT2D eigenvalue weighted by Crippen LogP contribution is -2.34. The molecular weight excluding hydrogens is 332 g/mol. The standard InChI is InChI=1S/C16H19ClN4OS/c17-13-4-1-3-12(9-13)11-21-7-6-15(20-21)19-16(23)18-10-14-5-2-8-22-14/h1,3-4,6-7,9,14H,2,5,8,10-11H2,(H2,18,19,20,23). The highest BCUT2D eigenvalue weighted by molar-refractivity contribution is 7.80. The van der Waals surface area contributed by atoms with Gasteiger partial charge in [-0.1, -0.05) is 23.7 Å². The Balaban J connectivity index is 1.49. The van der Waals surface area contributed by atoms with E-state index in [-0.39, 0.29) is 6.10 Å². The Kier molecular flexibility index (Phi) is 5.48. The number of nitrogens with one attached hydrogen (secondary N) is 2. The van der Waals surface area contributed by atoms with E-state index in [9.17, 15) is 0 Å². The maximum Gasteiger partial charge on any atom is 0.172 e. The summed E-state index contributed by atoms with van der Waals surface area (Å²) in [7, 11) is 0. The molecule has 1 fully saturated rings. The molecule has 2 N–H and O–H groups in total. The first-order valence-electron chi connectivity index (χ1n) is 7.63. The van der Waals surface area contributed by atoms with Gasteiger partial charge >= 0.3 is 0 Å². The molecule has 2 aromatic rings. The Morgan fingerprint density at radius 1 is 1.43 bits per heavy atom. The van der Waals surface area contributed by atoms with Crippen molar-refractivity contribution < 1.29 is 4.74 Å². The molecule has 2 heterocycles. The summed E-state index contributed by atoms with van der Waals surface area (Å²) in [5.74, 6) is 0.719. The number of thiocarbonyl (C=S) groups is 1. The van der Waals surface area contributed by atoms with Gasteiger partial charge in [-0.3, -0.25) is 4.68 Å². The van der Waals surface area contributed by atoms with Crippen LogP contribution in [0.2, 0.25) is 5.02 Å². The van der Waals surface area contributed by atoms with Crippen molar-refractivity contribution in [3.63, 3.8) is 0 Å². The summed E-state index contributed by atoms with van der Waals surface area (Å²) >= 11 is 11.3. The molecule has 0 saturated carbocycles. The van der Waals surface area contributed by atoms with Crippen molar-refractivity contribution in [1.29, 1.82) is 0 Å². The monoisotopic (exact) mass is 350 g/mol. The molecule has 3 rings (SSSR count). The van der Waals surface area contributed by atoms with Gasteiger partial charge in [0.25, 0.3) is 0 Å². The summed E-state index contributed by atoms with van der Waals surface area (Å²) in [6.45, 7) is 2.24. The molecule has 1 aromatic carbocycles. The van der Waals surface area contributed by atoms with Crippen molar-refractivity contribution in [3.8, 4) is 0 Å². The number of nitrogens with zero attached hydrogens (tertiary/aromatic N) is 2. The van der Waals surface area contributed by atoms with Gasteiger partial charge in [0.05, 0.1) is 12.6 Å². The minimum absolute atomic E-state index is 0.259.